The van der Waals surface area contributed by atoms with Crippen molar-refractivity contribution in [2.45, 2.75) is 26.2 Å². The van der Waals surface area contributed by atoms with Crippen LogP contribution in [0, 0.1) is 0 Å². The van der Waals surface area contributed by atoms with Crippen molar-refractivity contribution in [1.82, 2.24) is 5.43 Å². The van der Waals surface area contributed by atoms with Gasteiger partial charge in [0, 0.05) is 5.02 Å². The molecule has 0 atom stereocenters. The van der Waals surface area contributed by atoms with Crippen LogP contribution < -0.4 is 14.9 Å². The van der Waals surface area contributed by atoms with Crippen LogP contribution in [0.15, 0.2) is 71.8 Å². The summed E-state index contributed by atoms with van der Waals surface area (Å²) in [6, 6.07) is 18.9. The first-order chi connectivity index (χ1) is 16.4. The Labute approximate surface area is 208 Å². The normalized spacial score (nSPS) is 10.8. The van der Waals surface area contributed by atoms with E-state index in [1.54, 1.807) is 30.3 Å². The van der Waals surface area contributed by atoms with Gasteiger partial charge in [0.1, 0.15) is 11.5 Å². The molecular weight excluding hydrogens is 475 g/mol. The highest BCUT2D eigenvalue weighted by atomic mass is 35.5. The van der Waals surface area contributed by atoms with E-state index in [-0.39, 0.29) is 23.1 Å². The number of hydrazone groups is 1. The van der Waals surface area contributed by atoms with Crippen LogP contribution in [-0.4, -0.2) is 24.7 Å². The van der Waals surface area contributed by atoms with Crippen molar-refractivity contribution in [2.75, 3.05) is 6.61 Å². The number of carbonyl (C=O) groups excluding carboxylic acids is 2. The number of benzene rings is 3. The molecule has 0 bridgehead atoms. The summed E-state index contributed by atoms with van der Waals surface area (Å²) in [4.78, 5) is 24.2. The van der Waals surface area contributed by atoms with Crippen LogP contribution in [0.4, 0.5) is 0 Å². The minimum Gasteiger partial charge on any atom is -0.484 e. The Morgan fingerprint density at radius 3 is 2.35 bits per heavy atom. The number of unbranched alkanes of at least 4 members (excludes halogenated alkanes) is 1. The maximum atomic E-state index is 12.3. The van der Waals surface area contributed by atoms with Crippen molar-refractivity contribution in [2.24, 2.45) is 5.10 Å². The van der Waals surface area contributed by atoms with E-state index in [1.807, 2.05) is 24.3 Å². The van der Waals surface area contributed by atoms with Crippen LogP contribution >= 0.6 is 23.2 Å². The zero-order valence-corrected chi connectivity index (χ0v) is 20.1. The van der Waals surface area contributed by atoms with Gasteiger partial charge in [-0.25, -0.2) is 10.2 Å². The number of hydrogen-bond donors (Lipinski definition) is 1. The number of nitrogens with one attached hydrogen (secondary N) is 1. The fourth-order valence-electron chi connectivity index (χ4n) is 2.93. The molecule has 34 heavy (non-hydrogen) atoms. The molecule has 0 saturated carbocycles. The minimum absolute atomic E-state index is 0.145. The molecule has 0 saturated heterocycles. The highest BCUT2D eigenvalue weighted by Gasteiger charge is 2.13. The summed E-state index contributed by atoms with van der Waals surface area (Å²) in [5.74, 6) is -0.00151. The summed E-state index contributed by atoms with van der Waals surface area (Å²) in [6.07, 6.45) is 4.80. The molecule has 1 N–H and O–H groups in total. The average Bonchev–Trinajstić information content (AvgIpc) is 2.83. The van der Waals surface area contributed by atoms with E-state index in [9.17, 15) is 9.59 Å². The first kappa shape index (κ1) is 25.3. The third-order valence-electron chi connectivity index (χ3n) is 4.76. The number of halogens is 2. The first-order valence-electron chi connectivity index (χ1n) is 10.8. The van der Waals surface area contributed by atoms with Crippen LogP contribution in [0.2, 0.25) is 10.0 Å². The summed E-state index contributed by atoms with van der Waals surface area (Å²) in [5.41, 5.74) is 4.58. The number of hydrogen-bond acceptors (Lipinski definition) is 5. The van der Waals surface area contributed by atoms with Gasteiger partial charge >= 0.3 is 5.97 Å². The fourth-order valence-corrected chi connectivity index (χ4v) is 3.42. The molecule has 0 radical (unpaired) electrons. The fraction of sp³-hybridized carbons (Fsp3) is 0.192. The standard InChI is InChI=1S/C26H24Cl2N2O4/c1-2-3-4-18-5-10-21(11-6-18)33-17-25(31)30-29-16-19-7-12-22(13-8-19)34-26(32)23-14-9-20(27)15-24(23)28/h5-16H,2-4,17H2,1H3,(H,30,31)/b29-16+. The van der Waals surface area contributed by atoms with E-state index >= 15 is 0 Å². The Morgan fingerprint density at radius 1 is 0.971 bits per heavy atom. The van der Waals surface area contributed by atoms with E-state index in [2.05, 4.69) is 17.5 Å². The van der Waals surface area contributed by atoms with Gasteiger partial charge in [-0.2, -0.15) is 5.10 Å². The lowest BCUT2D eigenvalue weighted by atomic mass is 10.1. The van der Waals surface area contributed by atoms with E-state index in [4.69, 9.17) is 32.7 Å². The van der Waals surface area contributed by atoms with Crippen LogP contribution in [-0.2, 0) is 11.2 Å². The quantitative estimate of drug-likeness (QED) is 0.159. The molecule has 0 heterocycles. The lowest BCUT2D eigenvalue weighted by Gasteiger charge is -2.07. The largest absolute Gasteiger partial charge is 0.484 e. The number of rotatable bonds is 10. The molecule has 0 fully saturated rings. The summed E-state index contributed by atoms with van der Waals surface area (Å²) in [5, 5.41) is 4.56. The Balaban J connectivity index is 1.44. The van der Waals surface area contributed by atoms with Crippen molar-refractivity contribution >= 4 is 41.3 Å². The first-order valence-corrected chi connectivity index (χ1v) is 11.5. The maximum absolute atomic E-state index is 12.3. The molecule has 0 unspecified atom stereocenters. The number of carbonyl (C=O) groups is 2. The number of nitrogens with zero attached hydrogens (tertiary/aromatic N) is 1. The number of amides is 1. The van der Waals surface area contributed by atoms with Gasteiger partial charge in [0.2, 0.25) is 0 Å². The molecule has 3 aromatic carbocycles. The summed E-state index contributed by atoms with van der Waals surface area (Å²) in [6.45, 7) is 2.01. The van der Waals surface area contributed by atoms with E-state index < -0.39 is 5.97 Å². The van der Waals surface area contributed by atoms with Gasteiger partial charge < -0.3 is 9.47 Å². The second-order valence-corrected chi connectivity index (χ2v) is 8.26. The molecule has 3 aromatic rings. The third-order valence-corrected chi connectivity index (χ3v) is 5.30. The van der Waals surface area contributed by atoms with Gasteiger partial charge in [0.15, 0.2) is 6.61 Å². The number of aryl methyl sites for hydroxylation is 1. The number of ether oxygens (including phenoxy) is 2. The summed E-state index contributed by atoms with van der Waals surface area (Å²) in [7, 11) is 0. The lowest BCUT2D eigenvalue weighted by Crippen LogP contribution is -2.24. The van der Waals surface area contributed by atoms with Crippen molar-refractivity contribution in [3.8, 4) is 11.5 Å². The third kappa shape index (κ3) is 7.90. The van der Waals surface area contributed by atoms with Crippen LogP contribution in [0.25, 0.3) is 0 Å². The zero-order valence-electron chi connectivity index (χ0n) is 18.6. The molecule has 0 aliphatic rings. The summed E-state index contributed by atoms with van der Waals surface area (Å²) >= 11 is 11.9. The topological polar surface area (TPSA) is 77.0 Å². The lowest BCUT2D eigenvalue weighted by molar-refractivity contribution is -0.123. The van der Waals surface area contributed by atoms with Crippen molar-refractivity contribution < 1.29 is 19.1 Å². The molecule has 0 spiro atoms. The van der Waals surface area contributed by atoms with Crippen molar-refractivity contribution in [1.29, 1.82) is 0 Å². The van der Waals surface area contributed by atoms with Crippen LogP contribution in [0.3, 0.4) is 0 Å². The van der Waals surface area contributed by atoms with Gasteiger partial charge in [0.25, 0.3) is 5.91 Å². The van der Waals surface area contributed by atoms with Gasteiger partial charge in [-0.1, -0.05) is 48.7 Å². The predicted molar refractivity (Wildman–Crippen MR) is 134 cm³/mol. The van der Waals surface area contributed by atoms with Crippen molar-refractivity contribution in [3.63, 3.8) is 0 Å². The molecule has 3 rings (SSSR count). The highest BCUT2D eigenvalue weighted by Crippen LogP contribution is 2.23. The summed E-state index contributed by atoms with van der Waals surface area (Å²) < 4.78 is 10.8. The number of esters is 1. The average molecular weight is 499 g/mol. The highest BCUT2D eigenvalue weighted by molar-refractivity contribution is 6.36. The minimum atomic E-state index is -0.592. The molecular formula is C26H24Cl2N2O4. The second kappa shape index (κ2) is 12.8. The molecule has 6 nitrogen and oxygen atoms in total. The molecule has 0 aliphatic carbocycles. The monoisotopic (exact) mass is 498 g/mol. The van der Waals surface area contributed by atoms with E-state index in [0.29, 0.717) is 22.1 Å². The Morgan fingerprint density at radius 2 is 1.68 bits per heavy atom. The molecule has 8 heteroatoms. The van der Waals surface area contributed by atoms with Crippen LogP contribution in [0.5, 0.6) is 11.5 Å². The van der Waals surface area contributed by atoms with Gasteiger partial charge in [-0.15, -0.1) is 0 Å². The second-order valence-electron chi connectivity index (χ2n) is 7.41. The maximum Gasteiger partial charge on any atom is 0.345 e. The van der Waals surface area contributed by atoms with Gasteiger partial charge in [-0.3, -0.25) is 4.79 Å². The zero-order chi connectivity index (χ0) is 24.3. The van der Waals surface area contributed by atoms with Gasteiger partial charge in [-0.05, 0) is 78.6 Å². The van der Waals surface area contributed by atoms with Crippen LogP contribution in [0.1, 0.15) is 41.3 Å². The molecule has 0 aliphatic heterocycles. The molecule has 1 amide bonds. The van der Waals surface area contributed by atoms with Crippen molar-refractivity contribution in [3.05, 3.63) is 93.5 Å². The van der Waals surface area contributed by atoms with Gasteiger partial charge in [0.05, 0.1) is 16.8 Å². The SMILES string of the molecule is CCCCc1ccc(OCC(=O)N/N=C/c2ccc(OC(=O)c3ccc(Cl)cc3Cl)cc2)cc1. The Bertz CT molecular complexity index is 1150. The molecule has 0 aromatic heterocycles. The predicted octanol–water partition coefficient (Wildman–Crippen LogP) is 6.08. The van der Waals surface area contributed by atoms with E-state index in [0.717, 1.165) is 19.3 Å². The molecule has 176 valence electrons. The smallest absolute Gasteiger partial charge is 0.345 e. The Hall–Kier alpha value is -3.35. The van der Waals surface area contributed by atoms with E-state index in [1.165, 1.54) is 23.9 Å². The Kier molecular flexibility index (Phi) is 9.50.